The van der Waals surface area contributed by atoms with Crippen LogP contribution in [0.25, 0.3) is 6.08 Å². The highest BCUT2D eigenvalue weighted by Crippen LogP contribution is 2.26. The molecule has 74 valence electrons. The largest absolute Gasteiger partial charge is 0.394 e. The van der Waals surface area contributed by atoms with Crippen LogP contribution < -0.4 is 5.32 Å². The fourth-order valence-corrected chi connectivity index (χ4v) is 1.83. The van der Waals surface area contributed by atoms with Crippen LogP contribution in [-0.2, 0) is 6.42 Å². The monoisotopic (exact) mass is 189 g/mol. The van der Waals surface area contributed by atoms with Crippen molar-refractivity contribution in [2.75, 3.05) is 11.9 Å². The van der Waals surface area contributed by atoms with Crippen LogP contribution >= 0.6 is 0 Å². The van der Waals surface area contributed by atoms with E-state index in [1.807, 2.05) is 6.08 Å². The zero-order valence-corrected chi connectivity index (χ0v) is 8.16. The van der Waals surface area contributed by atoms with Gasteiger partial charge in [0.1, 0.15) is 0 Å². The van der Waals surface area contributed by atoms with Gasteiger partial charge in [0.05, 0.1) is 6.61 Å². The molecule has 1 atom stereocenters. The molecule has 2 nitrogen and oxygen atoms in total. The SMILES string of the molecule is C=Cc1ccc2c(c1)N[C@@H](CO)CC2. The number of aliphatic hydroxyl groups excluding tert-OH is 1. The number of rotatable bonds is 2. The summed E-state index contributed by atoms with van der Waals surface area (Å²) in [6.45, 7) is 3.95. The number of anilines is 1. The Morgan fingerprint density at radius 1 is 1.57 bits per heavy atom. The first kappa shape index (κ1) is 9.28. The molecule has 0 saturated heterocycles. The number of hydrogen-bond donors (Lipinski definition) is 2. The van der Waals surface area contributed by atoms with E-state index < -0.39 is 0 Å². The van der Waals surface area contributed by atoms with Crippen LogP contribution in [0.2, 0.25) is 0 Å². The van der Waals surface area contributed by atoms with E-state index in [4.69, 9.17) is 5.11 Å². The topological polar surface area (TPSA) is 32.3 Å². The van der Waals surface area contributed by atoms with E-state index in [1.54, 1.807) is 0 Å². The fraction of sp³-hybridized carbons (Fsp3) is 0.333. The average molecular weight is 189 g/mol. The average Bonchev–Trinajstić information content (AvgIpc) is 2.27. The zero-order valence-electron chi connectivity index (χ0n) is 8.16. The van der Waals surface area contributed by atoms with Gasteiger partial charge in [-0.15, -0.1) is 0 Å². The second-order valence-corrected chi connectivity index (χ2v) is 3.68. The quantitative estimate of drug-likeness (QED) is 0.746. The molecular formula is C12H15NO. The van der Waals surface area contributed by atoms with E-state index in [9.17, 15) is 0 Å². The highest BCUT2D eigenvalue weighted by Gasteiger charge is 2.16. The van der Waals surface area contributed by atoms with Crippen molar-refractivity contribution in [2.45, 2.75) is 18.9 Å². The number of nitrogens with one attached hydrogen (secondary N) is 1. The molecule has 0 aromatic heterocycles. The Bertz CT molecular complexity index is 346. The summed E-state index contributed by atoms with van der Waals surface area (Å²) in [5.74, 6) is 0. The highest BCUT2D eigenvalue weighted by molar-refractivity contribution is 5.61. The number of aliphatic hydroxyl groups is 1. The molecule has 0 radical (unpaired) electrons. The first-order valence-corrected chi connectivity index (χ1v) is 4.96. The lowest BCUT2D eigenvalue weighted by atomic mass is 9.97. The first-order chi connectivity index (χ1) is 6.83. The van der Waals surface area contributed by atoms with Gasteiger partial charge in [0, 0.05) is 11.7 Å². The van der Waals surface area contributed by atoms with Crippen molar-refractivity contribution in [3.63, 3.8) is 0 Å². The molecule has 0 saturated carbocycles. The van der Waals surface area contributed by atoms with Crippen LogP contribution in [0.3, 0.4) is 0 Å². The third kappa shape index (κ3) is 1.66. The van der Waals surface area contributed by atoms with Crippen LogP contribution in [0.1, 0.15) is 17.5 Å². The van der Waals surface area contributed by atoms with Gasteiger partial charge in [0.15, 0.2) is 0 Å². The van der Waals surface area contributed by atoms with Gasteiger partial charge >= 0.3 is 0 Å². The lowest BCUT2D eigenvalue weighted by Crippen LogP contribution is -2.28. The van der Waals surface area contributed by atoms with E-state index in [1.165, 1.54) is 5.56 Å². The predicted molar refractivity (Wildman–Crippen MR) is 59.4 cm³/mol. The summed E-state index contributed by atoms with van der Waals surface area (Å²) in [7, 11) is 0. The van der Waals surface area contributed by atoms with Gasteiger partial charge in [0.25, 0.3) is 0 Å². The number of aryl methyl sites for hydroxylation is 1. The maximum Gasteiger partial charge on any atom is 0.0632 e. The van der Waals surface area contributed by atoms with E-state index in [0.717, 1.165) is 24.1 Å². The van der Waals surface area contributed by atoms with Crippen LogP contribution in [0.5, 0.6) is 0 Å². The Morgan fingerprint density at radius 3 is 3.14 bits per heavy atom. The van der Waals surface area contributed by atoms with Crippen LogP contribution in [0.4, 0.5) is 5.69 Å². The van der Waals surface area contributed by atoms with Crippen LogP contribution in [0.15, 0.2) is 24.8 Å². The third-order valence-electron chi connectivity index (χ3n) is 2.71. The molecule has 2 rings (SSSR count). The maximum atomic E-state index is 9.06. The van der Waals surface area contributed by atoms with E-state index in [-0.39, 0.29) is 12.6 Å². The van der Waals surface area contributed by atoms with Gasteiger partial charge in [0.2, 0.25) is 0 Å². The number of benzene rings is 1. The standard InChI is InChI=1S/C12H15NO/c1-2-9-3-4-10-5-6-11(8-14)13-12(10)7-9/h2-4,7,11,13-14H,1,5-6,8H2/t11-/m1/s1. The molecule has 2 heteroatoms. The minimum Gasteiger partial charge on any atom is -0.394 e. The van der Waals surface area contributed by atoms with Crippen molar-refractivity contribution in [1.82, 2.24) is 0 Å². The second-order valence-electron chi connectivity index (χ2n) is 3.68. The molecule has 1 heterocycles. The van der Waals surface area contributed by atoms with Crippen molar-refractivity contribution in [2.24, 2.45) is 0 Å². The summed E-state index contributed by atoms with van der Waals surface area (Å²) in [6, 6.07) is 6.51. The van der Waals surface area contributed by atoms with Gasteiger partial charge in [-0.25, -0.2) is 0 Å². The van der Waals surface area contributed by atoms with Crippen LogP contribution in [0, 0.1) is 0 Å². The molecule has 0 fully saturated rings. The highest BCUT2D eigenvalue weighted by atomic mass is 16.3. The van der Waals surface area contributed by atoms with Crippen molar-refractivity contribution < 1.29 is 5.11 Å². The van der Waals surface area contributed by atoms with Gasteiger partial charge in [-0.3, -0.25) is 0 Å². The number of fused-ring (bicyclic) bond motifs is 1. The fourth-order valence-electron chi connectivity index (χ4n) is 1.83. The van der Waals surface area contributed by atoms with Crippen molar-refractivity contribution in [3.8, 4) is 0 Å². The Balaban J connectivity index is 2.29. The Morgan fingerprint density at radius 2 is 2.43 bits per heavy atom. The van der Waals surface area contributed by atoms with E-state index in [2.05, 4.69) is 30.1 Å². The van der Waals surface area contributed by atoms with Crippen LogP contribution in [-0.4, -0.2) is 17.8 Å². The smallest absolute Gasteiger partial charge is 0.0632 e. The Labute approximate surface area is 84.3 Å². The molecule has 0 bridgehead atoms. The molecule has 0 amide bonds. The molecule has 0 spiro atoms. The molecular weight excluding hydrogens is 174 g/mol. The zero-order chi connectivity index (χ0) is 9.97. The molecule has 2 N–H and O–H groups in total. The second kappa shape index (κ2) is 3.84. The summed E-state index contributed by atoms with van der Waals surface area (Å²) in [5.41, 5.74) is 3.60. The van der Waals surface area contributed by atoms with E-state index in [0.29, 0.717) is 0 Å². The summed E-state index contributed by atoms with van der Waals surface area (Å²) in [6.07, 6.45) is 3.90. The molecule has 14 heavy (non-hydrogen) atoms. The van der Waals surface area contributed by atoms with Gasteiger partial charge in [-0.05, 0) is 30.0 Å². The first-order valence-electron chi connectivity index (χ1n) is 4.96. The molecule has 1 aliphatic rings. The summed E-state index contributed by atoms with van der Waals surface area (Å²) < 4.78 is 0. The molecule has 0 unspecified atom stereocenters. The summed E-state index contributed by atoms with van der Waals surface area (Å²) >= 11 is 0. The molecule has 1 aliphatic heterocycles. The minimum atomic E-state index is 0.206. The van der Waals surface area contributed by atoms with Crippen molar-refractivity contribution >= 4 is 11.8 Å². The van der Waals surface area contributed by atoms with E-state index >= 15 is 0 Å². The minimum absolute atomic E-state index is 0.206. The lowest BCUT2D eigenvalue weighted by molar-refractivity contribution is 0.267. The summed E-state index contributed by atoms with van der Waals surface area (Å²) in [5, 5.41) is 12.4. The Hall–Kier alpha value is -1.28. The Kier molecular flexibility index (Phi) is 2.55. The van der Waals surface area contributed by atoms with Crippen molar-refractivity contribution in [3.05, 3.63) is 35.9 Å². The number of hydrogen-bond acceptors (Lipinski definition) is 2. The molecule has 1 aromatic carbocycles. The third-order valence-corrected chi connectivity index (χ3v) is 2.71. The maximum absolute atomic E-state index is 9.06. The van der Waals surface area contributed by atoms with Gasteiger partial charge in [-0.2, -0.15) is 0 Å². The normalized spacial score (nSPS) is 19.6. The van der Waals surface area contributed by atoms with Crippen molar-refractivity contribution in [1.29, 1.82) is 0 Å². The predicted octanol–water partition coefficient (Wildman–Crippen LogP) is 2.05. The van der Waals surface area contributed by atoms with Gasteiger partial charge < -0.3 is 10.4 Å². The molecule has 0 aliphatic carbocycles. The summed E-state index contributed by atoms with van der Waals surface area (Å²) in [4.78, 5) is 0. The lowest BCUT2D eigenvalue weighted by Gasteiger charge is -2.25. The van der Waals surface area contributed by atoms with Gasteiger partial charge in [-0.1, -0.05) is 24.8 Å². The molecule has 1 aromatic rings.